The molecule has 1 N–H and O–H groups in total. The van der Waals surface area contributed by atoms with Gasteiger partial charge in [-0.2, -0.15) is 0 Å². The fourth-order valence-corrected chi connectivity index (χ4v) is 4.73. The summed E-state index contributed by atoms with van der Waals surface area (Å²) in [5.41, 5.74) is 3.71. The Kier molecular flexibility index (Phi) is 6.73. The van der Waals surface area contributed by atoms with E-state index in [2.05, 4.69) is 30.1 Å². The molecule has 160 valence electrons. The highest BCUT2D eigenvalue weighted by Gasteiger charge is 2.19. The Morgan fingerprint density at radius 3 is 2.33 bits per heavy atom. The van der Waals surface area contributed by atoms with Crippen LogP contribution in [0.15, 0.2) is 23.0 Å². The fourth-order valence-electron chi connectivity index (χ4n) is 3.69. The lowest BCUT2D eigenvalue weighted by Crippen LogP contribution is -2.34. The van der Waals surface area contributed by atoms with Crippen LogP contribution in [0.25, 0.3) is 10.2 Å². The van der Waals surface area contributed by atoms with E-state index in [1.165, 1.54) is 15.9 Å². The van der Waals surface area contributed by atoms with E-state index in [0.29, 0.717) is 17.8 Å². The summed E-state index contributed by atoms with van der Waals surface area (Å²) in [6.45, 7) is 14.3. The monoisotopic (exact) mass is 426 g/mol. The summed E-state index contributed by atoms with van der Waals surface area (Å²) in [5.74, 6) is 0.404. The summed E-state index contributed by atoms with van der Waals surface area (Å²) < 4.78 is 1.54. The molecule has 0 saturated heterocycles. The maximum absolute atomic E-state index is 13.4. The molecule has 1 amide bonds. The third-order valence-corrected chi connectivity index (χ3v) is 6.54. The van der Waals surface area contributed by atoms with Gasteiger partial charge in [0.1, 0.15) is 17.2 Å². The number of hydrogen-bond donors (Lipinski definition) is 1. The maximum Gasteiger partial charge on any atom is 0.263 e. The number of fused-ring (bicyclic) bond motifs is 1. The number of anilines is 1. The first kappa shape index (κ1) is 22.2. The fraction of sp³-hybridized carbons (Fsp3) is 0.435. The van der Waals surface area contributed by atoms with E-state index in [-0.39, 0.29) is 18.0 Å². The van der Waals surface area contributed by atoms with Gasteiger partial charge in [0.15, 0.2) is 0 Å². The van der Waals surface area contributed by atoms with Crippen LogP contribution < -0.4 is 10.9 Å². The summed E-state index contributed by atoms with van der Waals surface area (Å²) >= 11 is 1.54. The third-order valence-electron chi connectivity index (χ3n) is 5.43. The molecule has 0 aliphatic carbocycles. The summed E-state index contributed by atoms with van der Waals surface area (Å²) in [6, 6.07) is 5.92. The summed E-state index contributed by atoms with van der Waals surface area (Å²) in [4.78, 5) is 35.1. The van der Waals surface area contributed by atoms with Gasteiger partial charge in [-0.15, -0.1) is 11.3 Å². The molecule has 0 unspecified atom stereocenters. The number of aryl methyl sites for hydroxylation is 4. The number of nitrogens with zero attached hydrogens (tertiary/aromatic N) is 3. The number of hydrogen-bond acceptors (Lipinski definition) is 5. The van der Waals surface area contributed by atoms with Crippen molar-refractivity contribution in [2.24, 2.45) is 0 Å². The largest absolute Gasteiger partial charge is 0.325 e. The molecule has 2 heterocycles. The minimum absolute atomic E-state index is 0.0559. The second-order valence-electron chi connectivity index (χ2n) is 7.77. The predicted molar refractivity (Wildman–Crippen MR) is 125 cm³/mol. The van der Waals surface area contributed by atoms with Crippen LogP contribution in [0.1, 0.15) is 41.2 Å². The first-order chi connectivity index (χ1) is 14.2. The van der Waals surface area contributed by atoms with Crippen LogP contribution in [0.4, 0.5) is 5.69 Å². The van der Waals surface area contributed by atoms with Gasteiger partial charge in [0.25, 0.3) is 5.56 Å². The van der Waals surface area contributed by atoms with Crippen molar-refractivity contribution < 1.29 is 4.79 Å². The van der Waals surface area contributed by atoms with Crippen molar-refractivity contribution >= 4 is 33.1 Å². The van der Waals surface area contributed by atoms with Crippen LogP contribution in [-0.4, -0.2) is 33.4 Å². The van der Waals surface area contributed by atoms with Crippen molar-refractivity contribution in [2.75, 3.05) is 18.4 Å². The highest BCUT2D eigenvalue weighted by atomic mass is 32.1. The molecule has 1 aromatic carbocycles. The van der Waals surface area contributed by atoms with E-state index in [1.807, 2.05) is 39.8 Å². The minimum atomic E-state index is -0.228. The Morgan fingerprint density at radius 1 is 1.10 bits per heavy atom. The van der Waals surface area contributed by atoms with Gasteiger partial charge in [-0.05, 0) is 69.6 Å². The van der Waals surface area contributed by atoms with Crippen molar-refractivity contribution in [3.63, 3.8) is 0 Å². The number of rotatable bonds is 7. The van der Waals surface area contributed by atoms with Crippen LogP contribution in [-0.2, 0) is 17.9 Å². The first-order valence-corrected chi connectivity index (χ1v) is 11.1. The molecule has 0 bridgehead atoms. The van der Waals surface area contributed by atoms with Crippen LogP contribution in [0.5, 0.6) is 0 Å². The number of benzene rings is 1. The molecular formula is C23H30N4O2S. The van der Waals surface area contributed by atoms with Crippen LogP contribution >= 0.6 is 11.3 Å². The number of amides is 1. The molecule has 3 aromatic rings. The van der Waals surface area contributed by atoms with Gasteiger partial charge >= 0.3 is 0 Å². The number of thiophene rings is 1. The predicted octanol–water partition coefficient (Wildman–Crippen LogP) is 4.17. The molecule has 0 spiro atoms. The van der Waals surface area contributed by atoms with Gasteiger partial charge in [0.05, 0.1) is 11.9 Å². The van der Waals surface area contributed by atoms with Gasteiger partial charge in [0, 0.05) is 10.6 Å². The zero-order valence-corrected chi connectivity index (χ0v) is 19.4. The second-order valence-corrected chi connectivity index (χ2v) is 8.97. The van der Waals surface area contributed by atoms with Crippen molar-refractivity contribution in [2.45, 2.75) is 54.6 Å². The van der Waals surface area contributed by atoms with E-state index in [1.54, 1.807) is 0 Å². The van der Waals surface area contributed by atoms with Crippen LogP contribution in [0.3, 0.4) is 0 Å². The van der Waals surface area contributed by atoms with Gasteiger partial charge in [-0.3, -0.25) is 19.1 Å². The van der Waals surface area contributed by atoms with Crippen molar-refractivity contribution in [3.05, 3.63) is 55.9 Å². The lowest BCUT2D eigenvalue weighted by atomic mass is 10.1. The lowest BCUT2D eigenvalue weighted by Gasteiger charge is -2.20. The molecule has 0 aliphatic heterocycles. The zero-order chi connectivity index (χ0) is 22.0. The van der Waals surface area contributed by atoms with E-state index < -0.39 is 0 Å². The molecule has 3 rings (SSSR count). The number of carbonyl (C=O) groups is 1. The van der Waals surface area contributed by atoms with E-state index in [0.717, 1.165) is 45.2 Å². The van der Waals surface area contributed by atoms with E-state index in [9.17, 15) is 9.59 Å². The summed E-state index contributed by atoms with van der Waals surface area (Å²) in [6.07, 6.45) is 0. The standard InChI is InChI=1S/C23H30N4O2S/c1-7-26(8-2)12-19-25-22-21(16(5)17(6)30-22)23(29)27(19)13-20(28)24-18-10-14(3)9-15(4)11-18/h9-11H,7-8,12-13H2,1-6H3,(H,24,28). The van der Waals surface area contributed by atoms with Gasteiger partial charge < -0.3 is 5.32 Å². The number of carbonyl (C=O) groups excluding carboxylic acids is 1. The molecule has 0 saturated carbocycles. The SMILES string of the molecule is CCN(CC)Cc1nc2sc(C)c(C)c2c(=O)n1CC(=O)Nc1cc(C)cc(C)c1. The minimum Gasteiger partial charge on any atom is -0.325 e. The first-order valence-electron chi connectivity index (χ1n) is 10.3. The molecule has 0 atom stereocenters. The van der Waals surface area contributed by atoms with Crippen molar-refractivity contribution in [1.29, 1.82) is 0 Å². The molecule has 6 nitrogen and oxygen atoms in total. The van der Waals surface area contributed by atoms with Gasteiger partial charge in [-0.25, -0.2) is 4.98 Å². The van der Waals surface area contributed by atoms with Gasteiger partial charge in [0.2, 0.25) is 5.91 Å². The van der Waals surface area contributed by atoms with Gasteiger partial charge in [-0.1, -0.05) is 19.9 Å². The normalized spacial score (nSPS) is 11.4. The molecule has 0 aliphatic rings. The summed E-state index contributed by atoms with van der Waals surface area (Å²) in [7, 11) is 0. The number of aromatic nitrogens is 2. The Hall–Kier alpha value is -2.51. The molecule has 2 aromatic heterocycles. The Labute approximate surface area is 181 Å². The topological polar surface area (TPSA) is 67.2 Å². The second kappa shape index (κ2) is 9.10. The molecular weight excluding hydrogens is 396 g/mol. The third kappa shape index (κ3) is 4.63. The maximum atomic E-state index is 13.4. The van der Waals surface area contributed by atoms with Crippen LogP contribution in [0.2, 0.25) is 0 Å². The molecule has 7 heteroatoms. The van der Waals surface area contributed by atoms with E-state index in [4.69, 9.17) is 4.98 Å². The average molecular weight is 427 g/mol. The molecule has 0 fully saturated rings. The molecule has 0 radical (unpaired) electrons. The van der Waals surface area contributed by atoms with Crippen molar-refractivity contribution in [3.8, 4) is 0 Å². The van der Waals surface area contributed by atoms with E-state index >= 15 is 0 Å². The Bertz CT molecular complexity index is 1120. The van der Waals surface area contributed by atoms with Crippen LogP contribution in [0, 0.1) is 27.7 Å². The van der Waals surface area contributed by atoms with Crippen molar-refractivity contribution in [1.82, 2.24) is 14.5 Å². The summed E-state index contributed by atoms with van der Waals surface area (Å²) in [5, 5.41) is 3.56. The lowest BCUT2D eigenvalue weighted by molar-refractivity contribution is -0.116. The Balaban J connectivity index is 2.01. The average Bonchev–Trinajstić information content (AvgIpc) is 2.95. The quantitative estimate of drug-likeness (QED) is 0.616. The highest BCUT2D eigenvalue weighted by molar-refractivity contribution is 7.18. The smallest absolute Gasteiger partial charge is 0.263 e. The number of nitrogens with one attached hydrogen (secondary N) is 1. The molecule has 30 heavy (non-hydrogen) atoms. The highest BCUT2D eigenvalue weighted by Crippen LogP contribution is 2.26. The Morgan fingerprint density at radius 2 is 1.73 bits per heavy atom. The zero-order valence-electron chi connectivity index (χ0n) is 18.6.